The fourth-order valence-corrected chi connectivity index (χ4v) is 2.60. The summed E-state index contributed by atoms with van der Waals surface area (Å²) in [7, 11) is 2.88. The normalized spacial score (nSPS) is 15.7. The van der Waals surface area contributed by atoms with Crippen molar-refractivity contribution in [1.29, 1.82) is 0 Å². The molecule has 4 amide bonds. The fourth-order valence-electron chi connectivity index (χ4n) is 2.60. The quantitative estimate of drug-likeness (QED) is 0.632. The molecule has 0 aromatic heterocycles. The number of ether oxygens (including phenoxy) is 2. The lowest BCUT2D eigenvalue weighted by atomic mass is 10.1. The number of anilines is 1. The third-order valence-corrected chi connectivity index (χ3v) is 3.98. The van der Waals surface area contributed by atoms with Crippen LogP contribution in [0.5, 0.6) is 17.2 Å². The highest BCUT2D eigenvalue weighted by Gasteiger charge is 2.37. The van der Waals surface area contributed by atoms with Gasteiger partial charge >= 0.3 is 6.03 Å². The average Bonchev–Trinajstić information content (AvgIpc) is 2.66. The van der Waals surface area contributed by atoms with E-state index in [4.69, 9.17) is 9.47 Å². The Morgan fingerprint density at radius 3 is 2.33 bits per heavy atom. The lowest BCUT2D eigenvalue weighted by Gasteiger charge is -2.26. The number of aromatic hydroxyl groups is 1. The second-order valence-corrected chi connectivity index (χ2v) is 5.55. The molecule has 0 saturated carbocycles. The summed E-state index contributed by atoms with van der Waals surface area (Å²) in [6.45, 7) is 0. The largest absolute Gasteiger partial charge is 0.504 e. The molecule has 2 aromatic carbocycles. The van der Waals surface area contributed by atoms with Crippen molar-refractivity contribution < 1.29 is 29.0 Å². The molecule has 138 valence electrons. The maximum absolute atomic E-state index is 12.8. The van der Waals surface area contributed by atoms with E-state index in [9.17, 15) is 19.5 Å². The molecular weight excluding hydrogens is 352 g/mol. The van der Waals surface area contributed by atoms with E-state index in [0.717, 1.165) is 4.90 Å². The van der Waals surface area contributed by atoms with E-state index in [1.54, 1.807) is 18.2 Å². The van der Waals surface area contributed by atoms with Gasteiger partial charge in [0.25, 0.3) is 11.8 Å². The van der Waals surface area contributed by atoms with Crippen LogP contribution in [0, 0.1) is 0 Å². The molecule has 27 heavy (non-hydrogen) atoms. The van der Waals surface area contributed by atoms with Crippen molar-refractivity contribution in [2.45, 2.75) is 0 Å². The van der Waals surface area contributed by atoms with Crippen LogP contribution >= 0.6 is 0 Å². The van der Waals surface area contributed by atoms with E-state index in [2.05, 4.69) is 5.32 Å². The van der Waals surface area contributed by atoms with Gasteiger partial charge in [-0.25, -0.2) is 9.69 Å². The van der Waals surface area contributed by atoms with Crippen molar-refractivity contribution in [3.8, 4) is 17.2 Å². The van der Waals surface area contributed by atoms with Crippen LogP contribution in [-0.2, 0) is 9.59 Å². The SMILES string of the molecule is COc1ccc(N2C(=O)NC(=O)/C(=C\c3cccc(OC)c3O)C2=O)cc1. The Hall–Kier alpha value is -3.81. The van der Waals surface area contributed by atoms with Gasteiger partial charge in [0.1, 0.15) is 11.3 Å². The van der Waals surface area contributed by atoms with Gasteiger partial charge in [-0.3, -0.25) is 14.9 Å². The number of rotatable bonds is 4. The molecule has 1 saturated heterocycles. The second-order valence-electron chi connectivity index (χ2n) is 5.55. The molecular formula is C19H16N2O6. The molecule has 2 aromatic rings. The zero-order valence-corrected chi connectivity index (χ0v) is 14.6. The Morgan fingerprint density at radius 2 is 1.70 bits per heavy atom. The average molecular weight is 368 g/mol. The lowest BCUT2D eigenvalue weighted by Crippen LogP contribution is -2.54. The van der Waals surface area contributed by atoms with Gasteiger partial charge in [0.15, 0.2) is 11.5 Å². The molecule has 1 fully saturated rings. The molecule has 3 rings (SSSR count). The van der Waals surface area contributed by atoms with Crippen molar-refractivity contribution in [3.05, 3.63) is 53.6 Å². The molecule has 8 nitrogen and oxygen atoms in total. The highest BCUT2D eigenvalue weighted by molar-refractivity contribution is 6.39. The number of barbiturate groups is 1. The first-order valence-electron chi connectivity index (χ1n) is 7.87. The number of phenolic OH excluding ortho intramolecular Hbond substituents is 1. The van der Waals surface area contributed by atoms with Gasteiger partial charge in [-0.1, -0.05) is 12.1 Å². The van der Waals surface area contributed by atoms with Crippen LogP contribution in [0.25, 0.3) is 6.08 Å². The van der Waals surface area contributed by atoms with Crippen LogP contribution in [-0.4, -0.2) is 37.2 Å². The molecule has 0 spiro atoms. The van der Waals surface area contributed by atoms with Crippen molar-refractivity contribution in [1.82, 2.24) is 5.32 Å². The van der Waals surface area contributed by atoms with E-state index < -0.39 is 17.8 Å². The van der Waals surface area contributed by atoms with Gasteiger partial charge in [-0.15, -0.1) is 0 Å². The Balaban J connectivity index is 2.02. The molecule has 1 aliphatic heterocycles. The number of para-hydroxylation sites is 1. The van der Waals surface area contributed by atoms with Crippen LogP contribution in [0.15, 0.2) is 48.0 Å². The molecule has 0 unspecified atom stereocenters. The number of nitrogens with zero attached hydrogens (tertiary/aromatic N) is 1. The number of hydrogen-bond donors (Lipinski definition) is 2. The summed E-state index contributed by atoms with van der Waals surface area (Å²) in [4.78, 5) is 38.0. The number of phenols is 1. The maximum Gasteiger partial charge on any atom is 0.335 e. The standard InChI is InChI=1S/C19H16N2O6/c1-26-13-8-6-12(7-9-13)21-18(24)14(17(23)20-19(21)25)10-11-4-3-5-15(27-2)16(11)22/h3-10,22H,1-2H3,(H,20,23,25)/b14-10+. The van der Waals surface area contributed by atoms with Crippen LogP contribution in [0.1, 0.15) is 5.56 Å². The van der Waals surface area contributed by atoms with Crippen molar-refractivity contribution in [2.75, 3.05) is 19.1 Å². The lowest BCUT2D eigenvalue weighted by molar-refractivity contribution is -0.122. The Labute approximate surface area is 154 Å². The summed E-state index contributed by atoms with van der Waals surface area (Å²) in [6.07, 6.45) is 1.21. The molecule has 0 atom stereocenters. The third-order valence-electron chi connectivity index (χ3n) is 3.98. The number of hydrogen-bond acceptors (Lipinski definition) is 6. The highest BCUT2D eigenvalue weighted by Crippen LogP contribution is 2.32. The summed E-state index contributed by atoms with van der Waals surface area (Å²) >= 11 is 0. The minimum absolute atomic E-state index is 0.191. The zero-order chi connectivity index (χ0) is 19.6. The minimum Gasteiger partial charge on any atom is -0.504 e. The Bertz CT molecular complexity index is 949. The maximum atomic E-state index is 12.8. The summed E-state index contributed by atoms with van der Waals surface area (Å²) in [6, 6.07) is 10.0. The van der Waals surface area contributed by atoms with Crippen molar-refractivity contribution >= 4 is 29.6 Å². The van der Waals surface area contributed by atoms with Gasteiger partial charge in [-0.05, 0) is 36.4 Å². The van der Waals surface area contributed by atoms with Crippen molar-refractivity contribution in [2.24, 2.45) is 0 Å². The molecule has 8 heteroatoms. The second kappa shape index (κ2) is 7.20. The Morgan fingerprint density at radius 1 is 1.00 bits per heavy atom. The van der Waals surface area contributed by atoms with E-state index in [1.165, 1.54) is 44.6 Å². The van der Waals surface area contributed by atoms with E-state index in [0.29, 0.717) is 5.75 Å². The molecule has 0 bridgehead atoms. The van der Waals surface area contributed by atoms with Crippen molar-refractivity contribution in [3.63, 3.8) is 0 Å². The monoisotopic (exact) mass is 368 g/mol. The molecule has 1 heterocycles. The van der Waals surface area contributed by atoms with Gasteiger partial charge in [0, 0.05) is 5.56 Å². The number of methoxy groups -OCH3 is 2. The van der Waals surface area contributed by atoms with Gasteiger partial charge in [0.2, 0.25) is 0 Å². The topological polar surface area (TPSA) is 105 Å². The highest BCUT2D eigenvalue weighted by atomic mass is 16.5. The summed E-state index contributed by atoms with van der Waals surface area (Å²) in [5, 5.41) is 12.3. The fraction of sp³-hybridized carbons (Fsp3) is 0.105. The summed E-state index contributed by atoms with van der Waals surface area (Å²) in [5.41, 5.74) is 0.178. The molecule has 1 aliphatic rings. The first-order valence-corrected chi connectivity index (χ1v) is 7.87. The van der Waals surface area contributed by atoms with Gasteiger partial charge < -0.3 is 14.6 Å². The molecule has 0 aliphatic carbocycles. The van der Waals surface area contributed by atoms with E-state index in [-0.39, 0.29) is 28.3 Å². The first kappa shape index (κ1) is 18.0. The van der Waals surface area contributed by atoms with Gasteiger partial charge in [-0.2, -0.15) is 0 Å². The number of imide groups is 2. The van der Waals surface area contributed by atoms with E-state index in [1.807, 2.05) is 0 Å². The predicted octanol–water partition coefficient (Wildman–Crippen LogP) is 2.08. The number of carbonyl (C=O) groups excluding carboxylic acids is 3. The number of urea groups is 1. The molecule has 2 N–H and O–H groups in total. The summed E-state index contributed by atoms with van der Waals surface area (Å²) < 4.78 is 10.1. The predicted molar refractivity (Wildman–Crippen MR) is 96.7 cm³/mol. The van der Waals surface area contributed by atoms with Gasteiger partial charge in [0.05, 0.1) is 19.9 Å². The zero-order valence-electron chi connectivity index (χ0n) is 14.6. The minimum atomic E-state index is -0.859. The van der Waals surface area contributed by atoms with E-state index >= 15 is 0 Å². The Kier molecular flexibility index (Phi) is 4.80. The number of nitrogens with one attached hydrogen (secondary N) is 1. The van der Waals surface area contributed by atoms with Crippen LogP contribution < -0.4 is 19.7 Å². The number of benzene rings is 2. The van der Waals surface area contributed by atoms with Crippen LogP contribution in [0.4, 0.5) is 10.5 Å². The number of amides is 4. The number of carbonyl (C=O) groups is 3. The van der Waals surface area contributed by atoms with Crippen LogP contribution in [0.2, 0.25) is 0 Å². The summed E-state index contributed by atoms with van der Waals surface area (Å²) in [5.74, 6) is -1.14. The smallest absolute Gasteiger partial charge is 0.335 e. The first-order chi connectivity index (χ1) is 13.0. The third kappa shape index (κ3) is 3.32. The van der Waals surface area contributed by atoms with Crippen LogP contribution in [0.3, 0.4) is 0 Å². The molecule has 0 radical (unpaired) electrons.